The second kappa shape index (κ2) is 6.87. The van der Waals surface area contributed by atoms with Crippen LogP contribution in [0.2, 0.25) is 0 Å². The van der Waals surface area contributed by atoms with Gasteiger partial charge in [-0.15, -0.1) is 0 Å². The molecule has 0 spiro atoms. The lowest BCUT2D eigenvalue weighted by Gasteiger charge is -2.26. The van der Waals surface area contributed by atoms with Gasteiger partial charge in [-0.3, -0.25) is 4.79 Å². The van der Waals surface area contributed by atoms with Crippen LogP contribution in [0.5, 0.6) is 0 Å². The average Bonchev–Trinajstić information content (AvgIpc) is 2.60. The molecule has 3 rings (SSSR count). The molecule has 1 fully saturated rings. The van der Waals surface area contributed by atoms with Crippen molar-refractivity contribution >= 4 is 44.4 Å². The highest BCUT2D eigenvalue weighted by Crippen LogP contribution is 2.38. The number of hydrogen-bond acceptors (Lipinski definition) is 4. The Balaban J connectivity index is 1.97. The number of rotatable bonds is 3. The lowest BCUT2D eigenvalue weighted by molar-refractivity contribution is -0.111. The maximum atomic E-state index is 12.6. The molecule has 0 unspecified atom stereocenters. The summed E-state index contributed by atoms with van der Waals surface area (Å²) in [6.45, 7) is 0. The largest absolute Gasteiger partial charge is 0.505 e. The van der Waals surface area contributed by atoms with Gasteiger partial charge < -0.3 is 5.11 Å². The molecule has 1 saturated carbocycles. The molecule has 1 aliphatic carbocycles. The lowest BCUT2D eigenvalue weighted by Crippen LogP contribution is -2.30. The van der Waals surface area contributed by atoms with Crippen LogP contribution in [0, 0.1) is 5.92 Å². The molecule has 0 radical (unpaired) electrons. The number of aliphatic hydroxyl groups excluding tert-OH is 1. The fourth-order valence-corrected chi connectivity index (χ4v) is 5.52. The maximum absolute atomic E-state index is 12.6. The van der Waals surface area contributed by atoms with Crippen molar-refractivity contribution in [2.75, 3.05) is 0 Å². The molecule has 1 heterocycles. The lowest BCUT2D eigenvalue weighted by atomic mass is 9.89. The minimum Gasteiger partial charge on any atom is -0.505 e. The summed E-state index contributed by atoms with van der Waals surface area (Å²) in [5.41, 5.74) is -0.0406. The van der Waals surface area contributed by atoms with Crippen LogP contribution in [0.25, 0.3) is 5.76 Å². The molecule has 0 saturated heterocycles. The van der Waals surface area contributed by atoms with Crippen molar-refractivity contribution < 1.29 is 18.3 Å². The van der Waals surface area contributed by atoms with E-state index in [0.29, 0.717) is 5.92 Å². The summed E-state index contributed by atoms with van der Waals surface area (Å²) < 4.78 is 26.0. The van der Waals surface area contributed by atoms with E-state index in [1.165, 1.54) is 24.6 Å². The predicted octanol–water partition coefficient (Wildman–Crippen LogP) is 3.97. The Morgan fingerprint density at radius 1 is 1.21 bits per heavy atom. The van der Waals surface area contributed by atoms with Crippen LogP contribution >= 0.6 is 22.9 Å². The van der Waals surface area contributed by atoms with E-state index >= 15 is 0 Å². The molecule has 128 valence electrons. The van der Waals surface area contributed by atoms with Crippen LogP contribution in [-0.4, -0.2) is 21.8 Å². The summed E-state index contributed by atoms with van der Waals surface area (Å²) in [5.74, 6) is -0.445. The molecule has 5 nitrogen and oxygen atoms in total. The summed E-state index contributed by atoms with van der Waals surface area (Å²) in [6, 6.07) is 6.15. The van der Waals surface area contributed by atoms with Crippen LogP contribution in [0.15, 0.2) is 47.0 Å². The van der Waals surface area contributed by atoms with Gasteiger partial charge in [0.05, 0.1) is 27.8 Å². The molecule has 0 aromatic heterocycles. The van der Waals surface area contributed by atoms with Crippen LogP contribution in [0.4, 0.5) is 0 Å². The van der Waals surface area contributed by atoms with E-state index in [1.807, 2.05) is 6.08 Å². The summed E-state index contributed by atoms with van der Waals surface area (Å²) in [4.78, 5) is 12.5. The quantitative estimate of drug-likeness (QED) is 0.422. The van der Waals surface area contributed by atoms with Gasteiger partial charge in [0.15, 0.2) is 11.5 Å². The molecule has 1 aromatic carbocycles. The Bertz CT molecular complexity index is 823. The van der Waals surface area contributed by atoms with Gasteiger partial charge in [0.1, 0.15) is 0 Å². The van der Waals surface area contributed by atoms with Crippen LogP contribution in [-0.2, 0) is 14.8 Å². The second-order valence-corrected chi connectivity index (χ2v) is 9.41. The molecule has 1 aliphatic heterocycles. The minimum atomic E-state index is -3.84. The number of nitrogens with zero attached hydrogens (tertiary/aromatic N) is 1. The van der Waals surface area contributed by atoms with Crippen molar-refractivity contribution in [1.29, 1.82) is 0 Å². The molecule has 0 atom stereocenters. The zero-order chi connectivity index (χ0) is 17.3. The maximum Gasteiger partial charge on any atom is 0.273 e. The smallest absolute Gasteiger partial charge is 0.273 e. The summed E-state index contributed by atoms with van der Waals surface area (Å²) in [5, 5.41) is 10.4. The van der Waals surface area contributed by atoms with E-state index in [4.69, 9.17) is 0 Å². The third-order valence-corrected chi connectivity index (χ3v) is 7.99. The number of hydrogen-bond donors (Lipinski definition) is 1. The molecule has 0 bridgehead atoms. The van der Waals surface area contributed by atoms with Crippen molar-refractivity contribution in [3.63, 3.8) is 0 Å². The first kappa shape index (κ1) is 17.5. The predicted molar refractivity (Wildman–Crippen MR) is 99.8 cm³/mol. The zero-order valence-electron chi connectivity index (χ0n) is 13.0. The number of halogens is 1. The third-order valence-electron chi connectivity index (χ3n) is 4.43. The molecule has 1 aromatic rings. The Morgan fingerprint density at radius 3 is 2.58 bits per heavy atom. The topological polar surface area (TPSA) is 74.7 Å². The van der Waals surface area contributed by atoms with Crippen molar-refractivity contribution in [2.24, 2.45) is 5.92 Å². The van der Waals surface area contributed by atoms with Crippen molar-refractivity contribution in [2.45, 2.75) is 37.0 Å². The van der Waals surface area contributed by atoms with E-state index in [9.17, 15) is 18.3 Å². The van der Waals surface area contributed by atoms with E-state index in [1.54, 1.807) is 35.0 Å². The first-order valence-corrected chi connectivity index (χ1v) is 10.3. The average molecular weight is 459 g/mol. The normalized spacial score (nSPS) is 21.1. The van der Waals surface area contributed by atoms with Gasteiger partial charge >= 0.3 is 0 Å². The van der Waals surface area contributed by atoms with Gasteiger partial charge in [-0.1, -0.05) is 37.5 Å². The van der Waals surface area contributed by atoms with E-state index in [2.05, 4.69) is 0 Å². The number of ketones is 1. The highest BCUT2D eigenvalue weighted by atomic mass is 127. The summed E-state index contributed by atoms with van der Waals surface area (Å²) in [6.07, 6.45) is 8.86. The zero-order valence-corrected chi connectivity index (χ0v) is 16.0. The minimum absolute atomic E-state index is 0.00436. The number of aliphatic hydroxyl groups is 1. The van der Waals surface area contributed by atoms with Gasteiger partial charge in [0.25, 0.3) is 10.0 Å². The van der Waals surface area contributed by atoms with Gasteiger partial charge in [0, 0.05) is 5.56 Å². The van der Waals surface area contributed by atoms with E-state index < -0.39 is 15.8 Å². The number of carbonyl (C=O) groups excluding carboxylic acids is 1. The van der Waals surface area contributed by atoms with Crippen molar-refractivity contribution in [1.82, 2.24) is 2.52 Å². The van der Waals surface area contributed by atoms with Crippen molar-refractivity contribution in [3.05, 3.63) is 47.7 Å². The molecule has 24 heavy (non-hydrogen) atoms. The van der Waals surface area contributed by atoms with E-state index in [-0.39, 0.29) is 21.9 Å². The van der Waals surface area contributed by atoms with Crippen LogP contribution < -0.4 is 0 Å². The second-order valence-electron chi connectivity index (χ2n) is 6.03. The van der Waals surface area contributed by atoms with Gasteiger partial charge in [0.2, 0.25) is 5.78 Å². The number of fused-ring (bicyclic) bond motifs is 1. The molecule has 7 heteroatoms. The number of carbonyl (C=O) groups is 1. The fourth-order valence-electron chi connectivity index (χ4n) is 3.14. The van der Waals surface area contributed by atoms with Crippen molar-refractivity contribution in [3.8, 4) is 0 Å². The summed E-state index contributed by atoms with van der Waals surface area (Å²) in [7, 11) is -3.84. The van der Waals surface area contributed by atoms with Gasteiger partial charge in [-0.25, -0.2) is 8.42 Å². The molecular weight excluding hydrogens is 441 g/mol. The number of sulfonamides is 1. The standard InChI is InChI=1S/C17H18INO4S/c18-19-16(14(20)11-10-12-6-2-1-3-7-12)17(21)13-8-4-5-9-15(13)24(19,22)23/h4-5,8-12,21H,1-3,6-7H2/b11-10+. The van der Waals surface area contributed by atoms with Gasteiger partial charge in [-0.05, 0) is 37.0 Å². The third kappa shape index (κ3) is 3.11. The Morgan fingerprint density at radius 2 is 1.88 bits per heavy atom. The number of benzene rings is 1. The number of allylic oxidation sites excluding steroid dienone is 2. The highest BCUT2D eigenvalue weighted by Gasteiger charge is 2.38. The van der Waals surface area contributed by atoms with Crippen LogP contribution in [0.3, 0.4) is 0 Å². The molecule has 0 amide bonds. The molecule has 2 aliphatic rings. The summed E-state index contributed by atoms with van der Waals surface area (Å²) >= 11 is 1.56. The molecule has 1 N–H and O–H groups in total. The SMILES string of the molecule is O=C(/C=C/C1CCCCC1)C1=C(O)c2ccccc2S(=O)(=O)N1I. The first-order chi connectivity index (χ1) is 11.4. The Hall–Kier alpha value is -1.35. The van der Waals surface area contributed by atoms with E-state index in [0.717, 1.165) is 28.2 Å². The Kier molecular flexibility index (Phi) is 5.00. The fraction of sp³-hybridized carbons (Fsp3) is 0.353. The highest BCUT2D eigenvalue weighted by molar-refractivity contribution is 14.1. The Labute approximate surface area is 155 Å². The monoisotopic (exact) mass is 459 g/mol. The van der Waals surface area contributed by atoms with Crippen LogP contribution in [0.1, 0.15) is 37.7 Å². The first-order valence-electron chi connectivity index (χ1n) is 7.89. The molecular formula is C17H18INO4S. The van der Waals surface area contributed by atoms with Gasteiger partial charge in [-0.2, -0.15) is 2.52 Å².